The van der Waals surface area contributed by atoms with Gasteiger partial charge in [0.25, 0.3) is 11.8 Å². The van der Waals surface area contributed by atoms with E-state index in [-0.39, 0.29) is 17.7 Å². The fourth-order valence-corrected chi connectivity index (χ4v) is 2.07. The molecular formula is C15H12N2O6. The smallest absolute Gasteiger partial charge is 0.358 e. The highest BCUT2D eigenvalue weighted by molar-refractivity contribution is 6.20. The molecule has 0 fully saturated rings. The maximum Gasteiger partial charge on any atom is 0.358 e. The van der Waals surface area contributed by atoms with Crippen LogP contribution >= 0.6 is 0 Å². The molecule has 8 nitrogen and oxygen atoms in total. The van der Waals surface area contributed by atoms with Crippen molar-refractivity contribution in [1.82, 2.24) is 10.0 Å². The largest absolute Gasteiger partial charge is 0.443 e. The number of carbonyl (C=O) groups excluding carboxylic acids is 3. The molecule has 1 aromatic carbocycles. The number of nitrogens with zero attached hydrogens (tertiary/aromatic N) is 2. The molecule has 0 saturated carbocycles. The van der Waals surface area contributed by atoms with Crippen LogP contribution in [0, 0.1) is 6.92 Å². The minimum Gasteiger partial charge on any atom is -0.443 e. The van der Waals surface area contributed by atoms with Gasteiger partial charge in [0, 0.05) is 0 Å². The number of oxazole rings is 1. The van der Waals surface area contributed by atoms with Crippen molar-refractivity contribution in [1.29, 1.82) is 0 Å². The van der Waals surface area contributed by atoms with Crippen LogP contribution in [0.5, 0.6) is 0 Å². The number of hydrogen-bond donors (Lipinski definition) is 0. The molecule has 23 heavy (non-hydrogen) atoms. The number of hydroxylamine groups is 2. The number of aryl methyl sites for hydroxylation is 1. The molecule has 118 valence electrons. The summed E-state index contributed by atoms with van der Waals surface area (Å²) in [6.45, 7) is 1.26. The molecule has 0 N–H and O–H groups in total. The van der Waals surface area contributed by atoms with E-state index in [9.17, 15) is 14.4 Å². The average molecular weight is 316 g/mol. The monoisotopic (exact) mass is 316 g/mol. The topological polar surface area (TPSA) is 98.9 Å². The van der Waals surface area contributed by atoms with E-state index in [1.807, 2.05) is 0 Å². The van der Waals surface area contributed by atoms with E-state index in [2.05, 4.69) is 4.98 Å². The van der Waals surface area contributed by atoms with E-state index in [1.54, 1.807) is 19.1 Å². The Morgan fingerprint density at radius 3 is 2.43 bits per heavy atom. The Hall–Kier alpha value is -3.00. The van der Waals surface area contributed by atoms with E-state index in [1.165, 1.54) is 18.3 Å². The number of aromatic nitrogens is 1. The molecule has 0 spiro atoms. The zero-order valence-electron chi connectivity index (χ0n) is 12.1. The maximum absolute atomic E-state index is 12.0. The zero-order valence-corrected chi connectivity index (χ0v) is 12.1. The summed E-state index contributed by atoms with van der Waals surface area (Å²) < 4.78 is 10.2. The number of carbonyl (C=O) groups is 3. The second-order valence-electron chi connectivity index (χ2n) is 4.77. The van der Waals surface area contributed by atoms with Gasteiger partial charge < -0.3 is 14.0 Å². The standard InChI is InChI=1S/C15H12N2O6/c1-9-6-16-12(22-9)7-21-8-13(18)23-17-14(19)10-4-2-3-5-11(10)15(17)20/h2-6H,7-8H2,1H3. The summed E-state index contributed by atoms with van der Waals surface area (Å²) in [6.07, 6.45) is 1.52. The molecule has 0 radical (unpaired) electrons. The first-order valence-electron chi connectivity index (χ1n) is 6.74. The summed E-state index contributed by atoms with van der Waals surface area (Å²) in [5.74, 6) is -1.29. The predicted octanol–water partition coefficient (Wildman–Crippen LogP) is 1.25. The van der Waals surface area contributed by atoms with Crippen molar-refractivity contribution in [2.75, 3.05) is 6.61 Å². The van der Waals surface area contributed by atoms with E-state index in [4.69, 9.17) is 14.0 Å². The second kappa shape index (κ2) is 6.01. The highest BCUT2D eigenvalue weighted by atomic mass is 16.7. The summed E-state index contributed by atoms with van der Waals surface area (Å²) >= 11 is 0. The molecule has 1 aromatic heterocycles. The lowest BCUT2D eigenvalue weighted by Crippen LogP contribution is -2.34. The fraction of sp³-hybridized carbons (Fsp3) is 0.200. The third-order valence-electron chi connectivity index (χ3n) is 3.06. The Balaban J connectivity index is 1.54. The zero-order chi connectivity index (χ0) is 16.4. The van der Waals surface area contributed by atoms with E-state index in [0.717, 1.165) is 0 Å². The first-order valence-corrected chi connectivity index (χ1v) is 6.74. The van der Waals surface area contributed by atoms with E-state index in [0.29, 0.717) is 16.7 Å². The predicted molar refractivity (Wildman–Crippen MR) is 73.9 cm³/mol. The highest BCUT2D eigenvalue weighted by Crippen LogP contribution is 2.22. The normalized spacial score (nSPS) is 13.3. The van der Waals surface area contributed by atoms with Crippen LogP contribution in [-0.4, -0.2) is 34.4 Å². The lowest BCUT2D eigenvalue weighted by atomic mass is 10.1. The van der Waals surface area contributed by atoms with Crippen molar-refractivity contribution in [2.24, 2.45) is 0 Å². The lowest BCUT2D eigenvalue weighted by Gasteiger charge is -2.12. The van der Waals surface area contributed by atoms with Crippen LogP contribution in [0.4, 0.5) is 0 Å². The summed E-state index contributed by atoms with van der Waals surface area (Å²) in [4.78, 5) is 44.4. The second-order valence-corrected chi connectivity index (χ2v) is 4.77. The molecule has 0 atom stereocenters. The van der Waals surface area contributed by atoms with Crippen LogP contribution in [0.2, 0.25) is 0 Å². The summed E-state index contributed by atoms with van der Waals surface area (Å²) in [5, 5.41) is 0.436. The molecule has 2 amide bonds. The van der Waals surface area contributed by atoms with Gasteiger partial charge in [0.1, 0.15) is 19.0 Å². The lowest BCUT2D eigenvalue weighted by molar-refractivity contribution is -0.174. The van der Waals surface area contributed by atoms with Gasteiger partial charge >= 0.3 is 5.97 Å². The number of fused-ring (bicyclic) bond motifs is 1. The molecule has 3 rings (SSSR count). The van der Waals surface area contributed by atoms with Crippen LogP contribution in [0.1, 0.15) is 32.4 Å². The van der Waals surface area contributed by atoms with Gasteiger partial charge in [-0.3, -0.25) is 9.59 Å². The Bertz CT molecular complexity index is 747. The Morgan fingerprint density at radius 1 is 1.22 bits per heavy atom. The molecular weight excluding hydrogens is 304 g/mol. The van der Waals surface area contributed by atoms with Gasteiger partial charge in [0.15, 0.2) is 0 Å². The minimum atomic E-state index is -0.872. The van der Waals surface area contributed by atoms with Gasteiger partial charge in [-0.25, -0.2) is 9.78 Å². The van der Waals surface area contributed by atoms with Crippen LogP contribution in [0.25, 0.3) is 0 Å². The molecule has 0 aliphatic carbocycles. The number of imide groups is 1. The SMILES string of the molecule is Cc1cnc(COCC(=O)ON2C(=O)c3ccccc3C2=O)o1. The molecule has 0 saturated heterocycles. The maximum atomic E-state index is 12.0. The molecule has 0 bridgehead atoms. The third kappa shape index (κ3) is 2.97. The Morgan fingerprint density at radius 2 is 1.87 bits per heavy atom. The fourth-order valence-electron chi connectivity index (χ4n) is 2.07. The van der Waals surface area contributed by atoms with Gasteiger partial charge in [0.2, 0.25) is 5.89 Å². The Kier molecular flexibility index (Phi) is 3.90. The number of amides is 2. The Labute approximate surface area is 130 Å². The first-order chi connectivity index (χ1) is 11.1. The molecule has 1 aliphatic rings. The third-order valence-corrected chi connectivity index (χ3v) is 3.06. The number of rotatable bonds is 5. The van der Waals surface area contributed by atoms with Crippen LogP contribution in [0.3, 0.4) is 0 Å². The van der Waals surface area contributed by atoms with Crippen molar-refractivity contribution >= 4 is 17.8 Å². The number of ether oxygens (including phenoxy) is 1. The van der Waals surface area contributed by atoms with Crippen molar-refractivity contribution < 1.29 is 28.4 Å². The van der Waals surface area contributed by atoms with Gasteiger partial charge in [-0.1, -0.05) is 17.2 Å². The highest BCUT2D eigenvalue weighted by Gasteiger charge is 2.38. The van der Waals surface area contributed by atoms with Crippen LogP contribution in [-0.2, 0) is 21.0 Å². The molecule has 2 heterocycles. The molecule has 0 unspecified atom stereocenters. The summed E-state index contributed by atoms with van der Waals surface area (Å²) in [7, 11) is 0. The number of benzene rings is 1. The average Bonchev–Trinajstić information content (AvgIpc) is 3.05. The van der Waals surface area contributed by atoms with Crippen molar-refractivity contribution in [2.45, 2.75) is 13.5 Å². The van der Waals surface area contributed by atoms with Gasteiger partial charge in [-0.15, -0.1) is 0 Å². The summed E-state index contributed by atoms with van der Waals surface area (Å²) in [5.41, 5.74) is 0.392. The van der Waals surface area contributed by atoms with Crippen molar-refractivity contribution in [3.8, 4) is 0 Å². The van der Waals surface area contributed by atoms with Crippen molar-refractivity contribution in [3.05, 3.63) is 53.2 Å². The van der Waals surface area contributed by atoms with E-state index < -0.39 is 24.4 Å². The quantitative estimate of drug-likeness (QED) is 0.765. The molecule has 2 aromatic rings. The van der Waals surface area contributed by atoms with Gasteiger partial charge in [-0.2, -0.15) is 0 Å². The van der Waals surface area contributed by atoms with E-state index >= 15 is 0 Å². The number of hydrogen-bond acceptors (Lipinski definition) is 7. The van der Waals surface area contributed by atoms with Gasteiger partial charge in [-0.05, 0) is 19.1 Å². The van der Waals surface area contributed by atoms with Gasteiger partial charge in [0.05, 0.1) is 17.3 Å². The first kappa shape index (κ1) is 14.9. The summed E-state index contributed by atoms with van der Waals surface area (Å²) in [6, 6.07) is 6.23. The van der Waals surface area contributed by atoms with Crippen molar-refractivity contribution in [3.63, 3.8) is 0 Å². The molecule has 8 heteroatoms. The minimum absolute atomic E-state index is 0.0228. The van der Waals surface area contributed by atoms with Crippen LogP contribution in [0.15, 0.2) is 34.9 Å². The molecule has 1 aliphatic heterocycles. The van der Waals surface area contributed by atoms with Crippen LogP contribution < -0.4 is 0 Å².